The number of carboxylic acid groups (broad SMARTS) is 1. The summed E-state index contributed by atoms with van der Waals surface area (Å²) >= 11 is 0. The zero-order chi connectivity index (χ0) is 16.0. The van der Waals surface area contributed by atoms with E-state index in [0.29, 0.717) is 12.1 Å². The molecule has 2 atom stereocenters. The third-order valence-electron chi connectivity index (χ3n) is 3.28. The lowest BCUT2D eigenvalue weighted by atomic mass is 9.99. The van der Waals surface area contributed by atoms with E-state index in [0.717, 1.165) is 5.56 Å². The molecule has 1 rings (SSSR count). The van der Waals surface area contributed by atoms with E-state index in [1.54, 1.807) is 31.2 Å². The number of nitrogens with one attached hydrogen (secondary N) is 2. The SMILES string of the molecule is CCC(C)[C@H](NC(=O)C(=O)Nc1ccc(C)cc1)C(=O)O. The monoisotopic (exact) mass is 292 g/mol. The molecule has 0 heterocycles. The number of carboxylic acids is 1. The zero-order valence-electron chi connectivity index (χ0n) is 12.3. The predicted molar refractivity (Wildman–Crippen MR) is 78.8 cm³/mol. The van der Waals surface area contributed by atoms with Crippen molar-refractivity contribution in [2.45, 2.75) is 33.2 Å². The van der Waals surface area contributed by atoms with Crippen molar-refractivity contribution >= 4 is 23.5 Å². The van der Waals surface area contributed by atoms with E-state index in [-0.39, 0.29) is 5.92 Å². The highest BCUT2D eigenvalue weighted by Crippen LogP contribution is 2.10. The number of anilines is 1. The van der Waals surface area contributed by atoms with Crippen LogP contribution in [-0.4, -0.2) is 28.9 Å². The van der Waals surface area contributed by atoms with Gasteiger partial charge in [-0.05, 0) is 25.0 Å². The van der Waals surface area contributed by atoms with Crippen LogP contribution in [0, 0.1) is 12.8 Å². The first-order valence-corrected chi connectivity index (χ1v) is 6.76. The van der Waals surface area contributed by atoms with E-state index in [9.17, 15) is 14.4 Å². The average Bonchev–Trinajstić information content (AvgIpc) is 2.45. The predicted octanol–water partition coefficient (Wildman–Crippen LogP) is 1.55. The normalized spacial score (nSPS) is 13.1. The molecule has 0 radical (unpaired) electrons. The van der Waals surface area contributed by atoms with Gasteiger partial charge < -0.3 is 15.7 Å². The molecule has 0 aliphatic carbocycles. The Morgan fingerprint density at radius 3 is 2.19 bits per heavy atom. The van der Waals surface area contributed by atoms with Crippen LogP contribution in [0.4, 0.5) is 5.69 Å². The van der Waals surface area contributed by atoms with Gasteiger partial charge in [-0.1, -0.05) is 38.0 Å². The van der Waals surface area contributed by atoms with Crippen molar-refractivity contribution in [3.63, 3.8) is 0 Å². The number of aryl methyl sites for hydroxylation is 1. The van der Waals surface area contributed by atoms with Crippen LogP contribution in [0.1, 0.15) is 25.8 Å². The maximum absolute atomic E-state index is 11.8. The van der Waals surface area contributed by atoms with Crippen LogP contribution in [0.3, 0.4) is 0 Å². The summed E-state index contributed by atoms with van der Waals surface area (Å²) in [5, 5.41) is 13.8. The first-order valence-electron chi connectivity index (χ1n) is 6.76. The Balaban J connectivity index is 2.67. The molecule has 21 heavy (non-hydrogen) atoms. The lowest BCUT2D eigenvalue weighted by Gasteiger charge is -2.19. The fourth-order valence-electron chi connectivity index (χ4n) is 1.71. The van der Waals surface area contributed by atoms with E-state index in [1.165, 1.54) is 0 Å². The Bertz CT molecular complexity index is 525. The Morgan fingerprint density at radius 2 is 1.71 bits per heavy atom. The maximum Gasteiger partial charge on any atom is 0.326 e. The third-order valence-corrected chi connectivity index (χ3v) is 3.28. The van der Waals surface area contributed by atoms with Crippen molar-refractivity contribution in [1.29, 1.82) is 0 Å². The molecule has 0 aliphatic rings. The van der Waals surface area contributed by atoms with E-state index in [2.05, 4.69) is 10.6 Å². The molecular formula is C15H20N2O4. The van der Waals surface area contributed by atoms with Crippen LogP contribution in [0.15, 0.2) is 24.3 Å². The topological polar surface area (TPSA) is 95.5 Å². The molecule has 0 saturated heterocycles. The Morgan fingerprint density at radius 1 is 1.14 bits per heavy atom. The molecule has 0 saturated carbocycles. The fourth-order valence-corrected chi connectivity index (χ4v) is 1.71. The lowest BCUT2D eigenvalue weighted by molar-refractivity contribution is -0.145. The standard InChI is InChI=1S/C15H20N2O4/c1-4-10(3)12(15(20)21)17-14(19)13(18)16-11-7-5-9(2)6-8-11/h5-8,10,12H,4H2,1-3H3,(H,16,18)(H,17,19)(H,20,21)/t10?,12-/m0/s1. The van der Waals surface area contributed by atoms with Crippen molar-refractivity contribution in [3.05, 3.63) is 29.8 Å². The molecule has 3 N–H and O–H groups in total. The van der Waals surface area contributed by atoms with E-state index in [1.807, 2.05) is 13.8 Å². The second-order valence-electron chi connectivity index (χ2n) is 5.00. The molecule has 0 aromatic heterocycles. The summed E-state index contributed by atoms with van der Waals surface area (Å²) in [7, 11) is 0. The Kier molecular flexibility index (Phi) is 5.90. The molecule has 0 fully saturated rings. The highest BCUT2D eigenvalue weighted by molar-refractivity contribution is 6.40. The maximum atomic E-state index is 11.8. The quantitative estimate of drug-likeness (QED) is 0.717. The van der Waals surface area contributed by atoms with Crippen molar-refractivity contribution in [2.75, 3.05) is 5.32 Å². The van der Waals surface area contributed by atoms with Gasteiger partial charge >= 0.3 is 17.8 Å². The van der Waals surface area contributed by atoms with Gasteiger partial charge in [-0.15, -0.1) is 0 Å². The summed E-state index contributed by atoms with van der Waals surface area (Å²) in [6.07, 6.45) is 0.580. The Hall–Kier alpha value is -2.37. The first kappa shape index (κ1) is 16.7. The molecule has 0 aliphatic heterocycles. The second-order valence-corrected chi connectivity index (χ2v) is 5.00. The lowest BCUT2D eigenvalue weighted by Crippen LogP contribution is -2.48. The largest absolute Gasteiger partial charge is 0.480 e. The van der Waals surface area contributed by atoms with E-state index >= 15 is 0 Å². The minimum atomic E-state index is -1.15. The molecule has 0 spiro atoms. The van der Waals surface area contributed by atoms with Crippen molar-refractivity contribution in [2.24, 2.45) is 5.92 Å². The van der Waals surface area contributed by atoms with Gasteiger partial charge in [-0.3, -0.25) is 9.59 Å². The van der Waals surface area contributed by atoms with Gasteiger partial charge in [0, 0.05) is 5.69 Å². The van der Waals surface area contributed by atoms with Gasteiger partial charge in [-0.2, -0.15) is 0 Å². The minimum absolute atomic E-state index is 0.265. The summed E-state index contributed by atoms with van der Waals surface area (Å²) in [5.41, 5.74) is 1.51. The summed E-state index contributed by atoms with van der Waals surface area (Å²) in [6.45, 7) is 5.43. The van der Waals surface area contributed by atoms with Gasteiger partial charge in [0.25, 0.3) is 0 Å². The van der Waals surface area contributed by atoms with Crippen molar-refractivity contribution in [1.82, 2.24) is 5.32 Å². The highest BCUT2D eigenvalue weighted by Gasteiger charge is 2.27. The number of carbonyl (C=O) groups is 3. The van der Waals surface area contributed by atoms with Crippen LogP contribution in [0.25, 0.3) is 0 Å². The number of hydrogen-bond donors (Lipinski definition) is 3. The van der Waals surface area contributed by atoms with Crippen LogP contribution in [0.5, 0.6) is 0 Å². The number of amides is 2. The number of carbonyl (C=O) groups excluding carboxylic acids is 2. The number of aliphatic carboxylic acids is 1. The molecule has 6 heteroatoms. The van der Waals surface area contributed by atoms with Crippen LogP contribution >= 0.6 is 0 Å². The molecule has 0 bridgehead atoms. The van der Waals surface area contributed by atoms with Crippen molar-refractivity contribution < 1.29 is 19.5 Å². The molecule has 1 aromatic carbocycles. The van der Waals surface area contributed by atoms with Crippen LogP contribution < -0.4 is 10.6 Å². The average molecular weight is 292 g/mol. The fraction of sp³-hybridized carbons (Fsp3) is 0.400. The minimum Gasteiger partial charge on any atom is -0.480 e. The number of benzene rings is 1. The van der Waals surface area contributed by atoms with Gasteiger partial charge in [0.2, 0.25) is 0 Å². The van der Waals surface area contributed by atoms with E-state index in [4.69, 9.17) is 5.11 Å². The molecule has 1 aromatic rings. The highest BCUT2D eigenvalue weighted by atomic mass is 16.4. The van der Waals surface area contributed by atoms with Gasteiger partial charge in [0.05, 0.1) is 0 Å². The number of rotatable bonds is 5. The third kappa shape index (κ3) is 4.91. The smallest absolute Gasteiger partial charge is 0.326 e. The molecule has 1 unspecified atom stereocenters. The zero-order valence-corrected chi connectivity index (χ0v) is 12.3. The summed E-state index contributed by atoms with van der Waals surface area (Å²) in [4.78, 5) is 34.6. The molecule has 6 nitrogen and oxygen atoms in total. The van der Waals surface area contributed by atoms with Gasteiger partial charge in [0.1, 0.15) is 6.04 Å². The Labute approximate surface area is 123 Å². The summed E-state index contributed by atoms with van der Waals surface area (Å²) in [5.74, 6) is -3.25. The molecule has 2 amide bonds. The van der Waals surface area contributed by atoms with Crippen LogP contribution in [0.2, 0.25) is 0 Å². The second kappa shape index (κ2) is 7.42. The summed E-state index contributed by atoms with van der Waals surface area (Å²) < 4.78 is 0. The molecular weight excluding hydrogens is 272 g/mol. The number of hydrogen-bond acceptors (Lipinski definition) is 3. The summed E-state index contributed by atoms with van der Waals surface area (Å²) in [6, 6.07) is 5.86. The molecule has 114 valence electrons. The van der Waals surface area contributed by atoms with Crippen LogP contribution in [-0.2, 0) is 14.4 Å². The van der Waals surface area contributed by atoms with E-state index < -0.39 is 23.8 Å². The van der Waals surface area contributed by atoms with Gasteiger partial charge in [0.15, 0.2) is 0 Å². The van der Waals surface area contributed by atoms with Gasteiger partial charge in [-0.25, -0.2) is 4.79 Å². The first-order chi connectivity index (χ1) is 9.85. The van der Waals surface area contributed by atoms with Crippen molar-refractivity contribution in [3.8, 4) is 0 Å².